The highest BCUT2D eigenvalue weighted by Gasteiger charge is 1.79. The van der Waals surface area contributed by atoms with Gasteiger partial charge in [-0.15, -0.1) is 0 Å². The number of hydrogen-bond donors (Lipinski definition) is 0. The summed E-state index contributed by atoms with van der Waals surface area (Å²) in [6, 6.07) is 0. The van der Waals surface area contributed by atoms with Crippen LogP contribution in [0.15, 0.2) is 0 Å². The monoisotopic (exact) mass is 79.1 g/mol. The van der Waals surface area contributed by atoms with Crippen LogP contribution in [0.4, 0.5) is 0 Å². The van der Waals surface area contributed by atoms with Crippen molar-refractivity contribution in [1.82, 2.24) is 0 Å². The molecule has 1 unspecified atom stereocenters. The van der Waals surface area contributed by atoms with Crippen molar-refractivity contribution >= 4 is 6.26 Å². The molecule has 0 fully saturated rings. The smallest absolute Gasteiger partial charge is 0.122 e. The predicted molar refractivity (Wildman–Crippen MR) is 20.9 cm³/mol. The Morgan fingerprint density at radius 3 is 3.40 bits per heavy atom. The summed E-state index contributed by atoms with van der Waals surface area (Å²) in [5.74, 6) is -2.95. The molecule has 0 N–H and O–H groups in total. The standard InChI is InChI=1S/C4H8O/c1-4(2)3-5/h3-4H,1-2H3/i1D2,2D3,3D,4D. The molecule has 0 aliphatic rings. The fraction of sp³-hybridized carbons (Fsp3) is 0.750. The highest BCUT2D eigenvalue weighted by atomic mass is 16.1. The quantitative estimate of drug-likeness (QED) is 0.426. The van der Waals surface area contributed by atoms with Crippen molar-refractivity contribution in [3.8, 4) is 0 Å². The molecule has 0 heterocycles. The average molecular weight is 79.1 g/mol. The van der Waals surface area contributed by atoms with Crippen molar-refractivity contribution in [3.05, 3.63) is 0 Å². The van der Waals surface area contributed by atoms with Crippen LogP contribution in [0.2, 0.25) is 0 Å². The summed E-state index contributed by atoms with van der Waals surface area (Å²) in [4.78, 5) is 10.4. The summed E-state index contributed by atoms with van der Waals surface area (Å²) >= 11 is 0. The van der Waals surface area contributed by atoms with Gasteiger partial charge in [-0.2, -0.15) is 0 Å². The minimum Gasteiger partial charge on any atom is -0.303 e. The molecule has 1 nitrogen and oxygen atoms in total. The molecule has 5 heavy (non-hydrogen) atoms. The van der Waals surface area contributed by atoms with E-state index in [2.05, 4.69) is 0 Å². The van der Waals surface area contributed by atoms with Gasteiger partial charge in [0.2, 0.25) is 0 Å². The van der Waals surface area contributed by atoms with Crippen LogP contribution < -0.4 is 0 Å². The molecule has 0 bridgehead atoms. The van der Waals surface area contributed by atoms with Crippen LogP contribution in [0, 0.1) is 5.89 Å². The third kappa shape index (κ3) is 3.67. The van der Waals surface area contributed by atoms with E-state index in [4.69, 9.17) is 9.60 Å². The van der Waals surface area contributed by atoms with Gasteiger partial charge in [0, 0.05) is 14.1 Å². The van der Waals surface area contributed by atoms with Crippen LogP contribution in [0.1, 0.15) is 23.3 Å². The van der Waals surface area contributed by atoms with Gasteiger partial charge < -0.3 is 4.79 Å². The Balaban J connectivity index is 5.02. The van der Waals surface area contributed by atoms with E-state index in [9.17, 15) is 4.79 Å². The first-order valence-electron chi connectivity index (χ1n) is 4.65. The van der Waals surface area contributed by atoms with Crippen LogP contribution in [0.25, 0.3) is 0 Å². The van der Waals surface area contributed by atoms with Gasteiger partial charge in [-0.25, -0.2) is 0 Å². The van der Waals surface area contributed by atoms with Gasteiger partial charge in [0.1, 0.15) is 7.63 Å². The highest BCUT2D eigenvalue weighted by Crippen LogP contribution is 1.78. The van der Waals surface area contributed by atoms with Crippen molar-refractivity contribution < 1.29 is 14.4 Å². The SMILES string of the molecule is [2H]C(=O)C([2H])(C([2H])[2H])C([2H])([2H])[2H]. The third-order valence-electron chi connectivity index (χ3n) is 0.110. The Bertz CT molecular complexity index is 184. The molecule has 0 aromatic heterocycles. The lowest BCUT2D eigenvalue weighted by Gasteiger charge is -1.78. The van der Waals surface area contributed by atoms with Crippen LogP contribution in [0.3, 0.4) is 0 Å². The molecule has 0 rings (SSSR count). The largest absolute Gasteiger partial charge is 0.303 e. The van der Waals surface area contributed by atoms with Crippen LogP contribution in [0.5, 0.6) is 0 Å². The van der Waals surface area contributed by atoms with E-state index in [-0.39, 0.29) is 0 Å². The first-order valence-corrected chi connectivity index (χ1v) is 0.993. The topological polar surface area (TPSA) is 17.1 Å². The fourth-order valence-corrected chi connectivity index (χ4v) is 0. The minimum absolute atomic E-state index is 1.72. The number of carbonyl (C=O) groups is 1. The molecule has 1 atom stereocenters. The van der Waals surface area contributed by atoms with E-state index in [1.54, 1.807) is 0 Å². The lowest BCUT2D eigenvalue weighted by Crippen LogP contribution is -1.82. The van der Waals surface area contributed by atoms with Gasteiger partial charge in [0.25, 0.3) is 0 Å². The Morgan fingerprint density at radius 1 is 2.60 bits per heavy atom. The molecular formula is C4H8O. The second-order valence-electron chi connectivity index (χ2n) is 0.516. The van der Waals surface area contributed by atoms with Crippen LogP contribution in [-0.2, 0) is 4.79 Å². The molecule has 0 saturated carbocycles. The number of hydrogen-bond acceptors (Lipinski definition) is 1. The summed E-state index contributed by atoms with van der Waals surface area (Å²) in [7, 11) is 0. The van der Waals surface area contributed by atoms with E-state index >= 15 is 0 Å². The lowest BCUT2D eigenvalue weighted by molar-refractivity contribution is -0.110. The molecule has 1 heteroatoms. The lowest BCUT2D eigenvalue weighted by atomic mass is 10.3. The van der Waals surface area contributed by atoms with Crippen molar-refractivity contribution in [2.24, 2.45) is 5.89 Å². The number of carbonyl (C=O) groups excluding carboxylic acids is 1. The minimum atomic E-state index is -3.10. The molecule has 0 aliphatic heterocycles. The Labute approximate surface area is 41.8 Å². The van der Waals surface area contributed by atoms with Crippen LogP contribution in [-0.4, -0.2) is 6.26 Å². The molecule has 0 aromatic rings. The summed E-state index contributed by atoms with van der Waals surface area (Å²) in [5, 5.41) is 0. The summed E-state index contributed by atoms with van der Waals surface area (Å²) < 4.78 is 47.0. The van der Waals surface area contributed by atoms with Gasteiger partial charge in [-0.3, -0.25) is 0 Å². The fourth-order valence-electron chi connectivity index (χ4n) is 0. The molecule has 0 amide bonds. The van der Waals surface area contributed by atoms with Crippen molar-refractivity contribution in [2.45, 2.75) is 13.7 Å². The summed E-state index contributed by atoms with van der Waals surface area (Å²) in [5.41, 5.74) is 0. The molecule has 0 aromatic carbocycles. The number of aldehydes is 1. The zero-order valence-electron chi connectivity index (χ0n) is 9.49. The molecule has 0 radical (unpaired) electrons. The van der Waals surface area contributed by atoms with Gasteiger partial charge in [0.15, 0.2) is 0 Å². The Hall–Kier alpha value is -0.330. The maximum Gasteiger partial charge on any atom is 0.122 e. The maximum absolute atomic E-state index is 10.4. The number of rotatable bonds is 1. The molecule has 0 spiro atoms. The van der Waals surface area contributed by atoms with E-state index < -0.39 is 25.9 Å². The Morgan fingerprint density at radius 2 is 3.40 bits per heavy atom. The van der Waals surface area contributed by atoms with E-state index in [0.717, 1.165) is 0 Å². The molecule has 0 saturated heterocycles. The van der Waals surface area contributed by atoms with E-state index in [0.29, 0.717) is 0 Å². The van der Waals surface area contributed by atoms with Gasteiger partial charge >= 0.3 is 0 Å². The average Bonchev–Trinajstić information content (AvgIpc) is 1.82. The maximum atomic E-state index is 10.4. The Kier molecular flexibility index (Phi) is 0.215. The van der Waals surface area contributed by atoms with Gasteiger partial charge in [-0.05, 0) is 0 Å². The second-order valence-corrected chi connectivity index (χ2v) is 0.516. The first kappa shape index (κ1) is 0.552. The molecular weight excluding hydrogens is 64.0 g/mol. The first-order chi connectivity index (χ1) is 5.14. The van der Waals surface area contributed by atoms with Crippen molar-refractivity contribution in [3.63, 3.8) is 0 Å². The van der Waals surface area contributed by atoms with E-state index in [1.165, 1.54) is 0 Å². The predicted octanol–water partition coefficient (Wildman–Crippen LogP) is 0.841. The summed E-state index contributed by atoms with van der Waals surface area (Å²) in [6.07, 6.45) is -1.72. The zero-order chi connectivity index (χ0) is 10.2. The second kappa shape index (κ2) is 1.94. The third-order valence-corrected chi connectivity index (χ3v) is 0.110. The zero-order valence-corrected chi connectivity index (χ0v) is 2.49. The molecule has 30 valence electrons. The molecule has 0 aliphatic carbocycles. The van der Waals surface area contributed by atoms with Gasteiger partial charge in [0.05, 0.1) is 0 Å². The van der Waals surface area contributed by atoms with Crippen molar-refractivity contribution in [2.75, 3.05) is 0 Å². The van der Waals surface area contributed by atoms with Crippen LogP contribution >= 0.6 is 0 Å². The normalized spacial score (nSPS) is 43.8. The van der Waals surface area contributed by atoms with Crippen molar-refractivity contribution in [1.29, 1.82) is 0 Å². The van der Waals surface area contributed by atoms with E-state index in [1.807, 2.05) is 0 Å². The highest BCUT2D eigenvalue weighted by molar-refractivity contribution is 5.51. The summed E-state index contributed by atoms with van der Waals surface area (Å²) in [6.45, 7) is -5.28. The van der Waals surface area contributed by atoms with Gasteiger partial charge in [-0.1, -0.05) is 13.7 Å².